The number of amides is 1. The van der Waals surface area contributed by atoms with Crippen LogP contribution in [0.1, 0.15) is 29.8 Å². The van der Waals surface area contributed by atoms with E-state index in [0.717, 1.165) is 6.54 Å². The van der Waals surface area contributed by atoms with E-state index in [2.05, 4.69) is 15.5 Å². The molecule has 5 nitrogen and oxygen atoms in total. The summed E-state index contributed by atoms with van der Waals surface area (Å²) in [4.78, 5) is 11.5. The van der Waals surface area contributed by atoms with Crippen LogP contribution in [0.15, 0.2) is 6.07 Å². The number of rotatable bonds is 3. The maximum absolute atomic E-state index is 11.5. The fraction of sp³-hybridized carbons (Fsp3) is 0.556. The number of nitrogens with zero attached hydrogens (tertiary/aromatic N) is 1. The third-order valence-electron chi connectivity index (χ3n) is 2.62. The second kappa shape index (κ2) is 3.69. The van der Waals surface area contributed by atoms with Crippen LogP contribution in [0.5, 0.6) is 0 Å². The number of nitrogens with one attached hydrogen (secondary N) is 2. The maximum atomic E-state index is 11.5. The highest BCUT2D eigenvalue weighted by Gasteiger charge is 2.18. The maximum Gasteiger partial charge on any atom is 0.269 e. The average molecular weight is 194 g/mol. The lowest BCUT2D eigenvalue weighted by molar-refractivity contribution is 0.0934. The van der Waals surface area contributed by atoms with Crippen molar-refractivity contribution in [2.24, 2.45) is 5.92 Å². The molecule has 1 aromatic heterocycles. The molecule has 0 atom stereocenters. The molecular weight excluding hydrogens is 180 g/mol. The number of aromatic amines is 1. The summed E-state index contributed by atoms with van der Waals surface area (Å²) in [6.07, 6.45) is 3.74. The smallest absolute Gasteiger partial charge is 0.269 e. The first kappa shape index (κ1) is 9.05. The van der Waals surface area contributed by atoms with E-state index in [4.69, 9.17) is 5.73 Å². The van der Waals surface area contributed by atoms with Crippen molar-refractivity contribution in [2.45, 2.75) is 19.3 Å². The van der Waals surface area contributed by atoms with Crippen molar-refractivity contribution in [2.75, 3.05) is 12.3 Å². The summed E-state index contributed by atoms with van der Waals surface area (Å²) in [5, 5.41) is 9.12. The first-order valence-electron chi connectivity index (χ1n) is 4.85. The number of anilines is 1. The van der Waals surface area contributed by atoms with Crippen LogP contribution in [0.3, 0.4) is 0 Å². The molecule has 1 amide bonds. The molecule has 1 aliphatic carbocycles. The number of nitrogen functional groups attached to an aromatic ring is 1. The van der Waals surface area contributed by atoms with Gasteiger partial charge in [-0.3, -0.25) is 9.89 Å². The van der Waals surface area contributed by atoms with Gasteiger partial charge < -0.3 is 11.1 Å². The lowest BCUT2D eigenvalue weighted by Crippen LogP contribution is -2.32. The SMILES string of the molecule is Nc1cc(C(=O)NCC2CCC2)[nH]n1. The zero-order valence-electron chi connectivity index (χ0n) is 7.92. The van der Waals surface area contributed by atoms with Gasteiger partial charge in [0, 0.05) is 12.6 Å². The molecule has 0 saturated heterocycles. The van der Waals surface area contributed by atoms with Crippen LogP contribution in [-0.2, 0) is 0 Å². The molecule has 76 valence electrons. The summed E-state index contributed by atoms with van der Waals surface area (Å²) in [7, 11) is 0. The van der Waals surface area contributed by atoms with Crippen molar-refractivity contribution in [3.05, 3.63) is 11.8 Å². The van der Waals surface area contributed by atoms with Gasteiger partial charge in [-0.05, 0) is 18.8 Å². The first-order valence-corrected chi connectivity index (χ1v) is 4.85. The highest BCUT2D eigenvalue weighted by atomic mass is 16.1. The molecule has 1 aliphatic rings. The normalized spacial score (nSPS) is 16.3. The minimum atomic E-state index is -0.124. The van der Waals surface area contributed by atoms with Crippen molar-refractivity contribution < 1.29 is 4.79 Å². The molecule has 5 heteroatoms. The lowest BCUT2D eigenvalue weighted by atomic mass is 9.85. The van der Waals surface area contributed by atoms with Gasteiger partial charge in [-0.15, -0.1) is 0 Å². The largest absolute Gasteiger partial charge is 0.382 e. The Morgan fingerprint density at radius 3 is 3.00 bits per heavy atom. The molecule has 0 aromatic carbocycles. The number of hydrogen-bond acceptors (Lipinski definition) is 3. The predicted octanol–water partition coefficient (Wildman–Crippen LogP) is 0.522. The van der Waals surface area contributed by atoms with Gasteiger partial charge >= 0.3 is 0 Å². The summed E-state index contributed by atoms with van der Waals surface area (Å²) in [6, 6.07) is 1.54. The molecule has 4 N–H and O–H groups in total. The zero-order valence-corrected chi connectivity index (χ0v) is 7.92. The predicted molar refractivity (Wildman–Crippen MR) is 52.7 cm³/mol. The van der Waals surface area contributed by atoms with E-state index in [1.54, 1.807) is 0 Å². The molecule has 1 fully saturated rings. The standard InChI is InChI=1S/C9H14N4O/c10-8-4-7(12-13-8)9(14)11-5-6-2-1-3-6/h4,6H,1-3,5H2,(H,11,14)(H3,10,12,13). The van der Waals surface area contributed by atoms with Gasteiger partial charge in [-0.25, -0.2) is 0 Å². The van der Waals surface area contributed by atoms with Crippen molar-refractivity contribution in [3.63, 3.8) is 0 Å². The Labute approximate surface area is 82.1 Å². The minimum absolute atomic E-state index is 0.124. The van der Waals surface area contributed by atoms with Gasteiger partial charge in [0.1, 0.15) is 11.5 Å². The molecule has 0 bridgehead atoms. The van der Waals surface area contributed by atoms with Gasteiger partial charge in [0.05, 0.1) is 0 Å². The Balaban J connectivity index is 1.82. The number of carbonyl (C=O) groups excluding carboxylic acids is 1. The van der Waals surface area contributed by atoms with Crippen LogP contribution >= 0.6 is 0 Å². The second-order valence-corrected chi connectivity index (χ2v) is 3.71. The highest BCUT2D eigenvalue weighted by molar-refractivity contribution is 5.92. The molecule has 14 heavy (non-hydrogen) atoms. The molecule has 0 spiro atoms. The fourth-order valence-corrected chi connectivity index (χ4v) is 1.48. The van der Waals surface area contributed by atoms with Gasteiger partial charge in [-0.1, -0.05) is 6.42 Å². The summed E-state index contributed by atoms with van der Waals surface area (Å²) in [5.74, 6) is 0.888. The average Bonchev–Trinajstić information content (AvgIpc) is 2.49. The summed E-state index contributed by atoms with van der Waals surface area (Å²) < 4.78 is 0. The van der Waals surface area contributed by atoms with Gasteiger partial charge in [0.25, 0.3) is 5.91 Å². The quantitative estimate of drug-likeness (QED) is 0.656. The Bertz CT molecular complexity index is 329. The van der Waals surface area contributed by atoms with Crippen molar-refractivity contribution in [1.29, 1.82) is 0 Å². The Morgan fingerprint density at radius 1 is 1.71 bits per heavy atom. The van der Waals surface area contributed by atoms with Gasteiger partial charge in [0.15, 0.2) is 0 Å². The van der Waals surface area contributed by atoms with E-state index in [9.17, 15) is 4.79 Å². The summed E-state index contributed by atoms with van der Waals surface area (Å²) in [6.45, 7) is 0.762. The van der Waals surface area contributed by atoms with E-state index in [1.165, 1.54) is 25.3 Å². The van der Waals surface area contributed by atoms with Crippen LogP contribution in [-0.4, -0.2) is 22.6 Å². The second-order valence-electron chi connectivity index (χ2n) is 3.71. The molecule has 0 unspecified atom stereocenters. The molecule has 1 aromatic rings. The first-order chi connectivity index (χ1) is 6.75. The van der Waals surface area contributed by atoms with Crippen LogP contribution in [0.25, 0.3) is 0 Å². The third kappa shape index (κ3) is 1.86. The number of aromatic nitrogens is 2. The monoisotopic (exact) mass is 194 g/mol. The van der Waals surface area contributed by atoms with Crippen LogP contribution in [0, 0.1) is 5.92 Å². The molecule has 1 saturated carbocycles. The number of hydrogen-bond donors (Lipinski definition) is 3. The van der Waals surface area contributed by atoms with Crippen molar-refractivity contribution in [1.82, 2.24) is 15.5 Å². The van der Waals surface area contributed by atoms with E-state index in [0.29, 0.717) is 17.4 Å². The van der Waals surface area contributed by atoms with Crippen LogP contribution in [0.2, 0.25) is 0 Å². The fourth-order valence-electron chi connectivity index (χ4n) is 1.48. The van der Waals surface area contributed by atoms with E-state index in [-0.39, 0.29) is 5.91 Å². The van der Waals surface area contributed by atoms with E-state index in [1.807, 2.05) is 0 Å². The third-order valence-corrected chi connectivity index (χ3v) is 2.62. The topological polar surface area (TPSA) is 83.8 Å². The number of nitrogens with two attached hydrogens (primary N) is 1. The summed E-state index contributed by atoms with van der Waals surface area (Å²) >= 11 is 0. The number of carbonyl (C=O) groups is 1. The molecule has 2 rings (SSSR count). The van der Waals surface area contributed by atoms with E-state index < -0.39 is 0 Å². The Morgan fingerprint density at radius 2 is 2.50 bits per heavy atom. The molecule has 1 heterocycles. The Kier molecular flexibility index (Phi) is 2.39. The molecule has 0 radical (unpaired) electrons. The highest BCUT2D eigenvalue weighted by Crippen LogP contribution is 2.25. The van der Waals surface area contributed by atoms with Crippen molar-refractivity contribution >= 4 is 11.7 Å². The lowest BCUT2D eigenvalue weighted by Gasteiger charge is -2.25. The van der Waals surface area contributed by atoms with Crippen LogP contribution < -0.4 is 11.1 Å². The zero-order chi connectivity index (χ0) is 9.97. The van der Waals surface area contributed by atoms with E-state index >= 15 is 0 Å². The summed E-state index contributed by atoms with van der Waals surface area (Å²) in [5.41, 5.74) is 5.82. The number of H-pyrrole nitrogens is 1. The Hall–Kier alpha value is -1.52. The van der Waals surface area contributed by atoms with Crippen LogP contribution in [0.4, 0.5) is 5.82 Å². The van der Waals surface area contributed by atoms with Gasteiger partial charge in [-0.2, -0.15) is 5.10 Å². The minimum Gasteiger partial charge on any atom is -0.382 e. The van der Waals surface area contributed by atoms with Crippen molar-refractivity contribution in [3.8, 4) is 0 Å². The molecule has 0 aliphatic heterocycles. The molecular formula is C9H14N4O. The van der Waals surface area contributed by atoms with Gasteiger partial charge in [0.2, 0.25) is 0 Å².